The van der Waals surface area contributed by atoms with E-state index in [4.69, 9.17) is 8.60 Å². The lowest BCUT2D eigenvalue weighted by atomic mass is 10.2. The molecule has 0 atom stereocenters. The van der Waals surface area contributed by atoms with Gasteiger partial charge in [-0.2, -0.15) is 8.42 Å². The molecule has 0 unspecified atom stereocenters. The number of pyridine rings is 1. The van der Waals surface area contributed by atoms with Crippen molar-refractivity contribution in [3.05, 3.63) is 74.1 Å². The second-order valence-electron chi connectivity index (χ2n) is 5.56. The van der Waals surface area contributed by atoms with Crippen LogP contribution in [0.4, 0.5) is 0 Å². The largest absolute Gasteiger partial charge is 0.423 e. The number of benzene rings is 2. The molecule has 0 saturated carbocycles. The summed E-state index contributed by atoms with van der Waals surface area (Å²) in [6.07, 6.45) is 1.55. The quantitative estimate of drug-likeness (QED) is 0.295. The van der Waals surface area contributed by atoms with Gasteiger partial charge in [0.1, 0.15) is 16.0 Å². The number of hydrogen-bond acceptors (Lipinski definition) is 6. The zero-order valence-electron chi connectivity index (χ0n) is 13.3. The standard InChI is InChI=1S/C18H9Br2NO5S/c19-13-9-14(20)18(17-12(13)2-1-7-21-17)26-27(23,24)11-4-5-15-10(8-11)3-6-16(22)25-15/h1-9H. The lowest BCUT2D eigenvalue weighted by Crippen LogP contribution is -2.11. The molecule has 0 amide bonds. The van der Waals surface area contributed by atoms with Crippen molar-refractivity contribution in [1.29, 1.82) is 0 Å². The van der Waals surface area contributed by atoms with Gasteiger partial charge in [-0.3, -0.25) is 4.98 Å². The minimum absolute atomic E-state index is 0.0669. The molecule has 2 aromatic heterocycles. The number of fused-ring (bicyclic) bond motifs is 2. The first-order valence-electron chi connectivity index (χ1n) is 7.56. The fraction of sp³-hybridized carbons (Fsp3) is 0. The molecule has 4 aromatic rings. The van der Waals surface area contributed by atoms with Crippen LogP contribution in [0.3, 0.4) is 0 Å². The van der Waals surface area contributed by atoms with E-state index in [1.54, 1.807) is 24.4 Å². The van der Waals surface area contributed by atoms with E-state index in [-0.39, 0.29) is 10.6 Å². The summed E-state index contributed by atoms with van der Waals surface area (Å²) in [5.74, 6) is 0.0912. The summed E-state index contributed by atoms with van der Waals surface area (Å²) in [5, 5.41) is 1.18. The topological polar surface area (TPSA) is 86.5 Å². The molecule has 0 aliphatic heterocycles. The summed E-state index contributed by atoms with van der Waals surface area (Å²) < 4.78 is 37.3. The predicted molar refractivity (Wildman–Crippen MR) is 107 cm³/mol. The Morgan fingerprint density at radius 2 is 1.81 bits per heavy atom. The Bertz CT molecular complexity index is 1370. The zero-order valence-corrected chi connectivity index (χ0v) is 17.3. The monoisotopic (exact) mass is 509 g/mol. The molecule has 0 fully saturated rings. The average Bonchev–Trinajstić information content (AvgIpc) is 2.64. The molecular weight excluding hydrogens is 502 g/mol. The maximum Gasteiger partial charge on any atom is 0.339 e. The smallest absolute Gasteiger partial charge is 0.339 e. The molecule has 0 bridgehead atoms. The highest BCUT2D eigenvalue weighted by Gasteiger charge is 2.22. The Morgan fingerprint density at radius 1 is 1.00 bits per heavy atom. The third kappa shape index (κ3) is 3.38. The molecule has 0 saturated heterocycles. The lowest BCUT2D eigenvalue weighted by molar-refractivity contribution is 0.487. The van der Waals surface area contributed by atoms with Crippen LogP contribution in [0.5, 0.6) is 5.75 Å². The normalized spacial score (nSPS) is 11.8. The maximum absolute atomic E-state index is 12.8. The summed E-state index contributed by atoms with van der Waals surface area (Å²) in [7, 11) is -4.15. The van der Waals surface area contributed by atoms with Crippen molar-refractivity contribution < 1.29 is 17.0 Å². The SMILES string of the molecule is O=c1ccc2cc(S(=O)(=O)Oc3c(Br)cc(Br)c4cccnc34)ccc2o1. The fourth-order valence-corrected chi connectivity index (χ4v) is 5.04. The molecule has 0 radical (unpaired) electrons. The van der Waals surface area contributed by atoms with E-state index in [0.717, 1.165) is 4.47 Å². The molecular formula is C18H9Br2NO5S. The molecule has 0 spiro atoms. The Morgan fingerprint density at radius 3 is 2.63 bits per heavy atom. The number of rotatable bonds is 3. The van der Waals surface area contributed by atoms with Gasteiger partial charge in [-0.1, -0.05) is 22.0 Å². The van der Waals surface area contributed by atoms with Crippen molar-refractivity contribution in [3.8, 4) is 5.75 Å². The number of hydrogen-bond donors (Lipinski definition) is 0. The molecule has 27 heavy (non-hydrogen) atoms. The van der Waals surface area contributed by atoms with E-state index < -0.39 is 15.7 Å². The Kier molecular flexibility index (Phi) is 4.53. The molecule has 2 aromatic carbocycles. The van der Waals surface area contributed by atoms with E-state index in [0.29, 0.717) is 26.3 Å². The van der Waals surface area contributed by atoms with Crippen LogP contribution < -0.4 is 9.81 Å². The molecule has 0 aliphatic carbocycles. The summed E-state index contributed by atoms with van der Waals surface area (Å²) in [4.78, 5) is 15.4. The van der Waals surface area contributed by atoms with Crippen molar-refractivity contribution in [1.82, 2.24) is 4.98 Å². The van der Waals surface area contributed by atoms with Gasteiger partial charge >= 0.3 is 15.7 Å². The van der Waals surface area contributed by atoms with Crippen molar-refractivity contribution in [2.45, 2.75) is 4.90 Å². The Labute approximate surface area is 170 Å². The van der Waals surface area contributed by atoms with Crippen LogP contribution in [-0.2, 0) is 10.1 Å². The molecule has 9 heteroatoms. The summed E-state index contributed by atoms with van der Waals surface area (Å²) in [6, 6.07) is 12.1. The van der Waals surface area contributed by atoms with Gasteiger partial charge in [-0.05, 0) is 52.3 Å². The van der Waals surface area contributed by atoms with Crippen molar-refractivity contribution in [2.75, 3.05) is 0 Å². The van der Waals surface area contributed by atoms with Gasteiger partial charge < -0.3 is 8.60 Å². The minimum atomic E-state index is -4.15. The minimum Gasteiger partial charge on any atom is -0.423 e. The number of halogens is 2. The van der Waals surface area contributed by atoms with Gasteiger partial charge in [0.2, 0.25) is 0 Å². The number of nitrogens with zero attached hydrogens (tertiary/aromatic N) is 1. The van der Waals surface area contributed by atoms with E-state index in [1.165, 1.54) is 30.3 Å². The van der Waals surface area contributed by atoms with Crippen molar-refractivity contribution in [2.24, 2.45) is 0 Å². The van der Waals surface area contributed by atoms with Gasteiger partial charge in [-0.15, -0.1) is 0 Å². The summed E-state index contributed by atoms with van der Waals surface area (Å²) in [5.41, 5.74) is 0.179. The first-order chi connectivity index (χ1) is 12.8. The maximum atomic E-state index is 12.8. The highest BCUT2D eigenvalue weighted by atomic mass is 79.9. The second kappa shape index (κ2) is 6.74. The predicted octanol–water partition coefficient (Wildman–Crippen LogP) is 4.63. The van der Waals surface area contributed by atoms with Crippen LogP contribution in [0, 0.1) is 0 Å². The van der Waals surface area contributed by atoms with Crippen LogP contribution in [-0.4, -0.2) is 13.4 Å². The van der Waals surface area contributed by atoms with Crippen LogP contribution >= 0.6 is 31.9 Å². The van der Waals surface area contributed by atoms with Crippen LogP contribution in [0.2, 0.25) is 0 Å². The highest BCUT2D eigenvalue weighted by molar-refractivity contribution is 9.11. The van der Waals surface area contributed by atoms with E-state index in [2.05, 4.69) is 36.8 Å². The van der Waals surface area contributed by atoms with Gasteiger partial charge in [-0.25, -0.2) is 4.79 Å². The lowest BCUT2D eigenvalue weighted by Gasteiger charge is -2.12. The third-order valence-electron chi connectivity index (χ3n) is 3.82. The second-order valence-corrected chi connectivity index (χ2v) is 8.82. The van der Waals surface area contributed by atoms with Crippen molar-refractivity contribution >= 4 is 63.9 Å². The highest BCUT2D eigenvalue weighted by Crippen LogP contribution is 2.38. The third-order valence-corrected chi connectivity index (χ3v) is 6.29. The zero-order chi connectivity index (χ0) is 19.2. The van der Waals surface area contributed by atoms with Crippen LogP contribution in [0.25, 0.3) is 21.9 Å². The van der Waals surface area contributed by atoms with Crippen molar-refractivity contribution in [3.63, 3.8) is 0 Å². The molecule has 136 valence electrons. The van der Waals surface area contributed by atoms with E-state index in [1.807, 2.05) is 0 Å². The van der Waals surface area contributed by atoms with Gasteiger partial charge in [0.25, 0.3) is 0 Å². The first-order valence-corrected chi connectivity index (χ1v) is 10.6. The average molecular weight is 511 g/mol. The molecule has 6 nitrogen and oxygen atoms in total. The first kappa shape index (κ1) is 18.1. The van der Waals surface area contributed by atoms with Gasteiger partial charge in [0, 0.05) is 27.5 Å². The Balaban J connectivity index is 1.84. The number of aromatic nitrogens is 1. The molecule has 0 aliphatic rings. The van der Waals surface area contributed by atoms with E-state index in [9.17, 15) is 13.2 Å². The fourth-order valence-electron chi connectivity index (χ4n) is 2.59. The van der Waals surface area contributed by atoms with Gasteiger partial charge in [0.15, 0.2) is 5.75 Å². The van der Waals surface area contributed by atoms with E-state index >= 15 is 0 Å². The van der Waals surface area contributed by atoms with Crippen LogP contribution in [0.1, 0.15) is 0 Å². The molecule has 2 heterocycles. The Hall–Kier alpha value is -2.23. The summed E-state index contributed by atoms with van der Waals surface area (Å²) >= 11 is 6.76. The summed E-state index contributed by atoms with van der Waals surface area (Å²) in [6.45, 7) is 0. The molecule has 4 rings (SSSR count). The van der Waals surface area contributed by atoms with Gasteiger partial charge in [0.05, 0.1) is 4.47 Å². The van der Waals surface area contributed by atoms with Crippen LogP contribution in [0.15, 0.2) is 77.8 Å². The molecule has 0 N–H and O–H groups in total.